The summed E-state index contributed by atoms with van der Waals surface area (Å²) < 4.78 is 13.3. The molecule has 1 aromatic rings. The number of halogens is 1. The number of likely N-dealkylation sites (N-methyl/N-ethyl adjacent to an activating group) is 1. The number of carboxylic acids is 1. The largest absolute Gasteiger partial charge is 0.479 e. The topological polar surface area (TPSA) is 52.6 Å². The van der Waals surface area contributed by atoms with Gasteiger partial charge in [0.1, 0.15) is 11.4 Å². The second-order valence-electron chi connectivity index (χ2n) is 5.02. The van der Waals surface area contributed by atoms with E-state index in [4.69, 9.17) is 0 Å². The molecule has 1 atom stereocenters. The molecule has 0 aromatic heterocycles. The first-order valence-corrected chi connectivity index (χ1v) is 5.89. The molecule has 1 unspecified atom stereocenters. The number of nitrogens with zero attached hydrogens (tertiary/aromatic N) is 1. The zero-order chi connectivity index (χ0) is 13.3. The van der Waals surface area contributed by atoms with Crippen LogP contribution in [0.15, 0.2) is 18.2 Å². The minimum absolute atomic E-state index is 0.357. The van der Waals surface area contributed by atoms with Gasteiger partial charge in [-0.25, -0.2) is 9.18 Å². The Morgan fingerprint density at radius 3 is 2.72 bits per heavy atom. The van der Waals surface area contributed by atoms with Crippen molar-refractivity contribution in [2.45, 2.75) is 18.9 Å². The van der Waals surface area contributed by atoms with E-state index in [1.165, 1.54) is 12.1 Å². The number of likely N-dealkylation sites (tertiary alicyclic amines) is 1. The molecule has 4 nitrogen and oxygen atoms in total. The Hall–Kier alpha value is -1.62. The van der Waals surface area contributed by atoms with Crippen molar-refractivity contribution < 1.29 is 14.3 Å². The maximum atomic E-state index is 13.3. The number of nitrogens with one attached hydrogen (secondary N) is 1. The molecule has 1 saturated heterocycles. The predicted molar refractivity (Wildman–Crippen MR) is 67.2 cm³/mol. The normalized spacial score (nSPS) is 24.2. The fourth-order valence-corrected chi connectivity index (χ4v) is 2.42. The molecule has 1 fully saturated rings. The highest BCUT2D eigenvalue weighted by atomic mass is 19.1. The number of anilines is 1. The molecule has 0 spiro atoms. The number of carbonyl (C=O) groups is 1. The maximum Gasteiger partial charge on any atom is 0.330 e. The number of hydrogen-bond acceptors (Lipinski definition) is 3. The average Bonchev–Trinajstić information content (AvgIpc) is 2.59. The zero-order valence-corrected chi connectivity index (χ0v) is 10.5. The lowest BCUT2D eigenvalue weighted by atomic mass is 9.98. The number of aliphatic carboxylic acids is 1. The molecule has 18 heavy (non-hydrogen) atoms. The first-order valence-electron chi connectivity index (χ1n) is 5.89. The SMILES string of the molecule is Cc1cc(F)cc(NC2(C(=O)O)CCN(C)C2)c1. The van der Waals surface area contributed by atoms with E-state index in [1.807, 2.05) is 11.9 Å². The van der Waals surface area contributed by atoms with Gasteiger partial charge >= 0.3 is 5.97 Å². The standard InChI is InChI=1S/C13H17FN2O2/c1-9-5-10(14)7-11(6-9)15-13(12(17)18)3-4-16(2)8-13/h5-7,15H,3-4,8H2,1-2H3,(H,17,18). The van der Waals surface area contributed by atoms with Crippen molar-refractivity contribution in [3.05, 3.63) is 29.6 Å². The van der Waals surface area contributed by atoms with Crippen LogP contribution in [-0.2, 0) is 4.79 Å². The van der Waals surface area contributed by atoms with Crippen molar-refractivity contribution in [2.75, 3.05) is 25.5 Å². The van der Waals surface area contributed by atoms with Crippen LogP contribution in [-0.4, -0.2) is 41.7 Å². The van der Waals surface area contributed by atoms with Crippen LogP contribution in [0.2, 0.25) is 0 Å². The summed E-state index contributed by atoms with van der Waals surface area (Å²) in [6, 6.07) is 4.50. The summed E-state index contributed by atoms with van der Waals surface area (Å²) in [6.45, 7) is 2.91. The quantitative estimate of drug-likeness (QED) is 0.859. The lowest BCUT2D eigenvalue weighted by Gasteiger charge is -2.27. The van der Waals surface area contributed by atoms with Gasteiger partial charge in [0.15, 0.2) is 0 Å². The van der Waals surface area contributed by atoms with Gasteiger partial charge in [0.25, 0.3) is 0 Å². The van der Waals surface area contributed by atoms with Gasteiger partial charge in [-0.2, -0.15) is 0 Å². The highest BCUT2D eigenvalue weighted by Crippen LogP contribution is 2.26. The van der Waals surface area contributed by atoms with Crippen molar-refractivity contribution in [1.82, 2.24) is 4.90 Å². The molecule has 2 N–H and O–H groups in total. The van der Waals surface area contributed by atoms with Crippen LogP contribution >= 0.6 is 0 Å². The Morgan fingerprint density at radius 1 is 1.50 bits per heavy atom. The van der Waals surface area contributed by atoms with Crippen molar-refractivity contribution in [2.24, 2.45) is 0 Å². The maximum absolute atomic E-state index is 13.3. The summed E-state index contributed by atoms with van der Waals surface area (Å²) in [5.74, 6) is -1.25. The van der Waals surface area contributed by atoms with Gasteiger partial charge in [0.05, 0.1) is 0 Å². The van der Waals surface area contributed by atoms with Crippen LogP contribution < -0.4 is 5.32 Å². The Balaban J connectivity index is 2.27. The molecule has 1 aromatic carbocycles. The lowest BCUT2D eigenvalue weighted by Crippen LogP contribution is -2.48. The van der Waals surface area contributed by atoms with Crippen LogP contribution in [0.5, 0.6) is 0 Å². The Kier molecular flexibility index (Phi) is 3.26. The molecule has 0 bridgehead atoms. The first kappa shape index (κ1) is 12.8. The third-order valence-electron chi connectivity index (χ3n) is 3.30. The molecule has 98 valence electrons. The molecular weight excluding hydrogens is 235 g/mol. The molecule has 2 rings (SSSR count). The molecule has 0 radical (unpaired) electrons. The molecular formula is C13H17FN2O2. The van der Waals surface area contributed by atoms with Gasteiger partial charge in [-0.1, -0.05) is 0 Å². The predicted octanol–water partition coefficient (Wildman–Crippen LogP) is 1.70. The fraction of sp³-hybridized carbons (Fsp3) is 0.462. The Labute approximate surface area is 105 Å². The van der Waals surface area contributed by atoms with Gasteiger partial charge < -0.3 is 15.3 Å². The third kappa shape index (κ3) is 2.46. The van der Waals surface area contributed by atoms with E-state index in [1.54, 1.807) is 13.0 Å². The Morgan fingerprint density at radius 2 is 2.22 bits per heavy atom. The zero-order valence-electron chi connectivity index (χ0n) is 10.5. The van der Waals surface area contributed by atoms with Crippen molar-refractivity contribution in [3.8, 4) is 0 Å². The summed E-state index contributed by atoms with van der Waals surface area (Å²) in [5, 5.41) is 12.4. The summed E-state index contributed by atoms with van der Waals surface area (Å²) in [4.78, 5) is 13.4. The highest BCUT2D eigenvalue weighted by Gasteiger charge is 2.43. The highest BCUT2D eigenvalue weighted by molar-refractivity contribution is 5.83. The molecule has 0 amide bonds. The van der Waals surface area contributed by atoms with Gasteiger partial charge in [0, 0.05) is 18.8 Å². The Bertz CT molecular complexity index is 458. The second-order valence-corrected chi connectivity index (χ2v) is 5.02. The van der Waals surface area contributed by atoms with E-state index >= 15 is 0 Å². The van der Waals surface area contributed by atoms with E-state index in [-0.39, 0.29) is 5.82 Å². The number of rotatable bonds is 3. The van der Waals surface area contributed by atoms with Crippen LogP contribution in [0.1, 0.15) is 12.0 Å². The van der Waals surface area contributed by atoms with Gasteiger partial charge in [-0.15, -0.1) is 0 Å². The minimum Gasteiger partial charge on any atom is -0.479 e. The smallest absolute Gasteiger partial charge is 0.330 e. The van der Waals surface area contributed by atoms with Gasteiger partial charge in [0.2, 0.25) is 0 Å². The molecule has 1 heterocycles. The molecule has 5 heteroatoms. The van der Waals surface area contributed by atoms with Crippen LogP contribution in [0, 0.1) is 12.7 Å². The summed E-state index contributed by atoms with van der Waals surface area (Å²) >= 11 is 0. The molecule has 0 aliphatic carbocycles. The summed E-state index contributed by atoms with van der Waals surface area (Å²) in [5.41, 5.74) is 0.268. The molecule has 1 aliphatic rings. The average molecular weight is 252 g/mol. The third-order valence-corrected chi connectivity index (χ3v) is 3.30. The fourth-order valence-electron chi connectivity index (χ4n) is 2.42. The minimum atomic E-state index is -1.02. The monoisotopic (exact) mass is 252 g/mol. The van der Waals surface area contributed by atoms with E-state index in [0.29, 0.717) is 25.2 Å². The number of benzene rings is 1. The van der Waals surface area contributed by atoms with Crippen LogP contribution in [0.25, 0.3) is 0 Å². The lowest BCUT2D eigenvalue weighted by molar-refractivity contribution is -0.141. The number of carboxylic acid groups (broad SMARTS) is 1. The summed E-state index contributed by atoms with van der Waals surface area (Å²) in [6.07, 6.45) is 0.508. The van der Waals surface area contributed by atoms with E-state index in [0.717, 1.165) is 5.56 Å². The van der Waals surface area contributed by atoms with Crippen molar-refractivity contribution in [3.63, 3.8) is 0 Å². The van der Waals surface area contributed by atoms with Crippen molar-refractivity contribution in [1.29, 1.82) is 0 Å². The van der Waals surface area contributed by atoms with Gasteiger partial charge in [-0.3, -0.25) is 0 Å². The molecule has 0 saturated carbocycles. The molecule has 1 aliphatic heterocycles. The van der Waals surface area contributed by atoms with Crippen molar-refractivity contribution >= 4 is 11.7 Å². The van der Waals surface area contributed by atoms with Crippen LogP contribution in [0.3, 0.4) is 0 Å². The van der Waals surface area contributed by atoms with Gasteiger partial charge in [-0.05, 0) is 44.2 Å². The number of aryl methyl sites for hydroxylation is 1. The second kappa shape index (κ2) is 4.57. The van der Waals surface area contributed by atoms with E-state index in [2.05, 4.69) is 5.32 Å². The van der Waals surface area contributed by atoms with Crippen LogP contribution in [0.4, 0.5) is 10.1 Å². The van der Waals surface area contributed by atoms with E-state index in [9.17, 15) is 14.3 Å². The first-order chi connectivity index (χ1) is 8.41. The number of hydrogen-bond donors (Lipinski definition) is 2. The van der Waals surface area contributed by atoms with E-state index < -0.39 is 11.5 Å². The summed E-state index contributed by atoms with van der Waals surface area (Å²) in [7, 11) is 1.88.